The molecular weight excluding hydrogens is 306 g/mol. The molecular formula is C17H25N5O2. The minimum absolute atomic E-state index is 0.179. The van der Waals surface area contributed by atoms with Crippen molar-refractivity contribution in [1.82, 2.24) is 18.7 Å². The zero-order valence-electron chi connectivity index (χ0n) is 14.7. The molecule has 2 aromatic rings. The molecule has 7 nitrogen and oxygen atoms in total. The Labute approximate surface area is 140 Å². The first kappa shape index (κ1) is 16.7. The fourth-order valence-corrected chi connectivity index (χ4v) is 3.48. The van der Waals surface area contributed by atoms with Gasteiger partial charge in [-0.25, -0.2) is 9.78 Å². The van der Waals surface area contributed by atoms with Crippen LogP contribution in [0.2, 0.25) is 0 Å². The SMILES string of the molecule is CC(C)=CCn1c(C2CCC(N)C2)nc2c1c(=O)n(C)c(=O)n2C. The number of imidazole rings is 1. The summed E-state index contributed by atoms with van der Waals surface area (Å²) < 4.78 is 4.56. The summed E-state index contributed by atoms with van der Waals surface area (Å²) in [4.78, 5) is 29.6. The number of allylic oxidation sites excluding steroid dienone is 2. The molecule has 1 saturated carbocycles. The summed E-state index contributed by atoms with van der Waals surface area (Å²) in [6.07, 6.45) is 4.87. The second-order valence-corrected chi connectivity index (χ2v) is 7.01. The first-order valence-electron chi connectivity index (χ1n) is 8.36. The van der Waals surface area contributed by atoms with Crippen molar-refractivity contribution in [2.45, 2.75) is 51.6 Å². The standard InChI is InChI=1S/C17H25N5O2/c1-10(2)7-8-22-13-15(20(3)17(24)21(4)16(13)23)19-14(22)11-5-6-12(18)9-11/h7,11-12H,5-6,8-9,18H2,1-4H3. The number of hydrogen-bond acceptors (Lipinski definition) is 4. The van der Waals surface area contributed by atoms with Crippen molar-refractivity contribution in [2.24, 2.45) is 19.8 Å². The van der Waals surface area contributed by atoms with Gasteiger partial charge in [-0.3, -0.25) is 13.9 Å². The van der Waals surface area contributed by atoms with Gasteiger partial charge in [0.2, 0.25) is 0 Å². The zero-order chi connectivity index (χ0) is 17.6. The maximum atomic E-state index is 12.7. The first-order valence-corrected chi connectivity index (χ1v) is 8.36. The van der Waals surface area contributed by atoms with Crippen LogP contribution in [0.3, 0.4) is 0 Å². The highest BCUT2D eigenvalue weighted by Crippen LogP contribution is 2.34. The summed E-state index contributed by atoms with van der Waals surface area (Å²) in [6.45, 7) is 4.63. The van der Waals surface area contributed by atoms with Crippen LogP contribution in [-0.2, 0) is 20.6 Å². The van der Waals surface area contributed by atoms with Gasteiger partial charge in [-0.15, -0.1) is 0 Å². The van der Waals surface area contributed by atoms with E-state index in [2.05, 4.69) is 6.08 Å². The molecule has 0 aliphatic heterocycles. The number of aromatic nitrogens is 4. The van der Waals surface area contributed by atoms with Crippen molar-refractivity contribution in [3.8, 4) is 0 Å². The van der Waals surface area contributed by atoms with Crippen LogP contribution in [0.5, 0.6) is 0 Å². The van der Waals surface area contributed by atoms with Crippen molar-refractivity contribution in [2.75, 3.05) is 0 Å². The number of fused-ring (bicyclic) bond motifs is 1. The van der Waals surface area contributed by atoms with Gasteiger partial charge in [-0.05, 0) is 33.1 Å². The third-order valence-corrected chi connectivity index (χ3v) is 4.90. The average molecular weight is 331 g/mol. The summed E-state index contributed by atoms with van der Waals surface area (Å²) in [7, 11) is 3.17. The summed E-state index contributed by atoms with van der Waals surface area (Å²) in [6, 6.07) is 0.179. The monoisotopic (exact) mass is 331 g/mol. The van der Waals surface area contributed by atoms with Crippen LogP contribution in [-0.4, -0.2) is 24.7 Å². The number of rotatable bonds is 3. The Balaban J connectivity index is 2.30. The Morgan fingerprint density at radius 3 is 2.54 bits per heavy atom. The van der Waals surface area contributed by atoms with Crippen LogP contribution in [0.1, 0.15) is 44.9 Å². The van der Waals surface area contributed by atoms with Gasteiger partial charge >= 0.3 is 5.69 Å². The van der Waals surface area contributed by atoms with Crippen LogP contribution in [0.15, 0.2) is 21.2 Å². The average Bonchev–Trinajstić information content (AvgIpc) is 3.12. The lowest BCUT2D eigenvalue weighted by atomic mass is 10.1. The molecule has 1 aliphatic carbocycles. The van der Waals surface area contributed by atoms with Crippen LogP contribution >= 0.6 is 0 Å². The lowest BCUT2D eigenvalue weighted by molar-refractivity contribution is 0.607. The van der Waals surface area contributed by atoms with Crippen molar-refractivity contribution in [1.29, 1.82) is 0 Å². The predicted molar refractivity (Wildman–Crippen MR) is 94.2 cm³/mol. The minimum Gasteiger partial charge on any atom is -0.328 e. The fraction of sp³-hybridized carbons (Fsp3) is 0.588. The number of hydrogen-bond donors (Lipinski definition) is 1. The van der Waals surface area contributed by atoms with Crippen LogP contribution in [0.25, 0.3) is 11.2 Å². The second-order valence-electron chi connectivity index (χ2n) is 7.01. The van der Waals surface area contributed by atoms with Gasteiger partial charge in [0.15, 0.2) is 11.2 Å². The van der Waals surface area contributed by atoms with Gasteiger partial charge in [0.1, 0.15) is 5.82 Å². The molecule has 0 saturated heterocycles. The Kier molecular flexibility index (Phi) is 4.21. The predicted octanol–water partition coefficient (Wildman–Crippen LogP) is 0.995. The Hall–Kier alpha value is -2.15. The fourth-order valence-electron chi connectivity index (χ4n) is 3.48. The van der Waals surface area contributed by atoms with Crippen LogP contribution < -0.4 is 17.0 Å². The minimum atomic E-state index is -0.353. The topological polar surface area (TPSA) is 87.8 Å². The summed E-state index contributed by atoms with van der Waals surface area (Å²) in [5.74, 6) is 1.10. The van der Waals surface area contributed by atoms with Gasteiger partial charge < -0.3 is 10.3 Å². The molecule has 1 aliphatic rings. The quantitative estimate of drug-likeness (QED) is 0.850. The molecule has 2 aromatic heterocycles. The highest BCUT2D eigenvalue weighted by molar-refractivity contribution is 5.71. The van der Waals surface area contributed by atoms with E-state index in [0.717, 1.165) is 29.7 Å². The molecule has 2 unspecified atom stereocenters. The normalized spacial score (nSPS) is 20.7. The lowest BCUT2D eigenvalue weighted by Crippen LogP contribution is -2.37. The highest BCUT2D eigenvalue weighted by Gasteiger charge is 2.29. The van der Waals surface area contributed by atoms with E-state index in [-0.39, 0.29) is 23.2 Å². The molecule has 24 heavy (non-hydrogen) atoms. The summed E-state index contributed by atoms with van der Waals surface area (Å²) >= 11 is 0. The van der Waals surface area contributed by atoms with Crippen LogP contribution in [0.4, 0.5) is 0 Å². The molecule has 0 aromatic carbocycles. The van der Waals surface area contributed by atoms with E-state index in [0.29, 0.717) is 17.7 Å². The van der Waals surface area contributed by atoms with E-state index < -0.39 is 0 Å². The molecule has 2 atom stereocenters. The zero-order valence-corrected chi connectivity index (χ0v) is 14.7. The maximum Gasteiger partial charge on any atom is 0.332 e. The Morgan fingerprint density at radius 2 is 1.96 bits per heavy atom. The summed E-state index contributed by atoms with van der Waals surface area (Å²) in [5, 5.41) is 0. The van der Waals surface area contributed by atoms with Crippen molar-refractivity contribution in [3.63, 3.8) is 0 Å². The molecule has 0 bridgehead atoms. The molecule has 2 heterocycles. The van der Waals surface area contributed by atoms with E-state index in [4.69, 9.17) is 10.7 Å². The van der Waals surface area contributed by atoms with E-state index >= 15 is 0 Å². The smallest absolute Gasteiger partial charge is 0.328 e. The molecule has 1 fully saturated rings. The second kappa shape index (κ2) is 6.05. The molecule has 130 valence electrons. The Bertz CT molecular complexity index is 927. The van der Waals surface area contributed by atoms with Gasteiger partial charge in [-0.1, -0.05) is 11.6 Å². The Morgan fingerprint density at radius 1 is 1.25 bits per heavy atom. The third kappa shape index (κ3) is 2.62. The van der Waals surface area contributed by atoms with Gasteiger partial charge in [0.05, 0.1) is 0 Å². The first-order chi connectivity index (χ1) is 11.3. The van der Waals surface area contributed by atoms with E-state index in [1.54, 1.807) is 7.05 Å². The lowest BCUT2D eigenvalue weighted by Gasteiger charge is -2.12. The van der Waals surface area contributed by atoms with E-state index in [9.17, 15) is 9.59 Å². The largest absolute Gasteiger partial charge is 0.332 e. The van der Waals surface area contributed by atoms with Gasteiger partial charge in [-0.2, -0.15) is 0 Å². The maximum absolute atomic E-state index is 12.7. The van der Waals surface area contributed by atoms with E-state index in [1.807, 2.05) is 18.4 Å². The van der Waals surface area contributed by atoms with Gasteiger partial charge in [0, 0.05) is 32.6 Å². The molecule has 3 rings (SSSR count). The highest BCUT2D eigenvalue weighted by atomic mass is 16.2. The van der Waals surface area contributed by atoms with Crippen molar-refractivity contribution in [3.05, 3.63) is 38.3 Å². The molecule has 2 N–H and O–H groups in total. The van der Waals surface area contributed by atoms with Crippen molar-refractivity contribution < 1.29 is 0 Å². The molecule has 0 radical (unpaired) electrons. The molecule has 0 amide bonds. The molecule has 7 heteroatoms. The third-order valence-electron chi connectivity index (χ3n) is 4.90. The molecule has 0 spiro atoms. The van der Waals surface area contributed by atoms with Gasteiger partial charge in [0.25, 0.3) is 5.56 Å². The number of nitrogens with zero attached hydrogens (tertiary/aromatic N) is 4. The number of aryl methyl sites for hydroxylation is 1. The number of nitrogens with two attached hydrogens (primary N) is 1. The van der Waals surface area contributed by atoms with E-state index in [1.165, 1.54) is 17.2 Å². The van der Waals surface area contributed by atoms with Crippen LogP contribution in [0, 0.1) is 0 Å². The van der Waals surface area contributed by atoms with Crippen molar-refractivity contribution >= 4 is 11.2 Å². The summed E-state index contributed by atoms with van der Waals surface area (Å²) in [5.41, 5.74) is 7.54.